The van der Waals surface area contributed by atoms with E-state index in [1.165, 1.54) is 12.8 Å². The zero-order chi connectivity index (χ0) is 3.41. The van der Waals surface area contributed by atoms with Gasteiger partial charge in [0.2, 0.25) is 0 Å². The molecule has 0 unspecified atom stereocenters. The SMILES string of the molecule is CCCC.N.N. The van der Waals surface area contributed by atoms with Crippen molar-refractivity contribution in [2.45, 2.75) is 26.7 Å². The molecule has 0 heterocycles. The predicted octanol–water partition coefficient (Wildman–Crippen LogP) is 2.13. The average molecular weight is 92.2 g/mol. The van der Waals surface area contributed by atoms with E-state index in [2.05, 4.69) is 13.8 Å². The third-order valence-corrected chi connectivity index (χ3v) is 0.500. The van der Waals surface area contributed by atoms with Gasteiger partial charge in [0.15, 0.2) is 0 Å². The molecule has 0 rings (SSSR count). The van der Waals surface area contributed by atoms with Crippen molar-refractivity contribution in [3.63, 3.8) is 0 Å². The number of rotatable bonds is 1. The van der Waals surface area contributed by atoms with E-state index < -0.39 is 0 Å². The summed E-state index contributed by atoms with van der Waals surface area (Å²) >= 11 is 0. The summed E-state index contributed by atoms with van der Waals surface area (Å²) in [5.74, 6) is 0. The zero-order valence-corrected chi connectivity index (χ0v) is 4.83. The highest BCUT2D eigenvalue weighted by Crippen LogP contribution is 1.76. The van der Waals surface area contributed by atoms with E-state index in [4.69, 9.17) is 0 Å². The molecule has 2 heteroatoms. The van der Waals surface area contributed by atoms with Gasteiger partial charge in [0.1, 0.15) is 0 Å². The molecule has 0 aliphatic heterocycles. The first-order valence-electron chi connectivity index (χ1n) is 1.91. The molecule has 0 fully saturated rings. The van der Waals surface area contributed by atoms with Gasteiger partial charge in [-0.3, -0.25) is 0 Å². The van der Waals surface area contributed by atoms with Gasteiger partial charge in [-0.05, 0) is 0 Å². The molecule has 0 aliphatic rings. The van der Waals surface area contributed by atoms with Gasteiger partial charge in [-0.25, -0.2) is 0 Å². The minimum atomic E-state index is 0. The molecular weight excluding hydrogens is 76.1 g/mol. The highest BCUT2D eigenvalue weighted by Gasteiger charge is 1.56. The quantitative estimate of drug-likeness (QED) is 0.520. The van der Waals surface area contributed by atoms with E-state index in [1.54, 1.807) is 0 Å². The highest BCUT2D eigenvalue weighted by molar-refractivity contribution is 4.12. The molecule has 0 atom stereocenters. The van der Waals surface area contributed by atoms with Crippen molar-refractivity contribution in [3.8, 4) is 0 Å². The van der Waals surface area contributed by atoms with Gasteiger partial charge in [-0.1, -0.05) is 26.7 Å². The van der Waals surface area contributed by atoms with Crippen LogP contribution in [0.25, 0.3) is 0 Å². The fourth-order valence-corrected chi connectivity index (χ4v) is 0. The molecular formula is C4H16N2. The van der Waals surface area contributed by atoms with Crippen LogP contribution >= 0.6 is 0 Å². The van der Waals surface area contributed by atoms with Crippen LogP contribution in [0, 0.1) is 0 Å². The lowest BCUT2D eigenvalue weighted by Crippen LogP contribution is -1.47. The molecule has 0 radical (unpaired) electrons. The van der Waals surface area contributed by atoms with Crippen LogP contribution in [0.5, 0.6) is 0 Å². The summed E-state index contributed by atoms with van der Waals surface area (Å²) in [6.45, 7) is 4.36. The normalized spacial score (nSPS) is 5.00. The van der Waals surface area contributed by atoms with Gasteiger partial charge in [0, 0.05) is 0 Å². The Balaban J connectivity index is -0.0000000450. The molecule has 6 heavy (non-hydrogen) atoms. The monoisotopic (exact) mass is 92.1 g/mol. The lowest BCUT2D eigenvalue weighted by Gasteiger charge is -1.68. The van der Waals surface area contributed by atoms with Gasteiger partial charge in [0.25, 0.3) is 0 Å². The number of hydrogen-bond donors (Lipinski definition) is 2. The van der Waals surface area contributed by atoms with Crippen LogP contribution in [0.15, 0.2) is 0 Å². The standard InChI is InChI=1S/C4H10.2H3N/c1-3-4-2;;/h3-4H2,1-2H3;2*1H3. The van der Waals surface area contributed by atoms with Gasteiger partial charge < -0.3 is 12.3 Å². The summed E-state index contributed by atoms with van der Waals surface area (Å²) in [4.78, 5) is 0. The van der Waals surface area contributed by atoms with Crippen molar-refractivity contribution >= 4 is 0 Å². The molecule has 0 amide bonds. The summed E-state index contributed by atoms with van der Waals surface area (Å²) in [5, 5.41) is 0. The van der Waals surface area contributed by atoms with Gasteiger partial charge in [0.05, 0.1) is 0 Å². The van der Waals surface area contributed by atoms with Crippen molar-refractivity contribution < 1.29 is 0 Å². The van der Waals surface area contributed by atoms with Gasteiger partial charge in [-0.15, -0.1) is 0 Å². The molecule has 0 aliphatic carbocycles. The maximum absolute atomic E-state index is 2.18. The first kappa shape index (κ1) is 16.8. The second-order valence-electron chi connectivity index (χ2n) is 1.000. The minimum Gasteiger partial charge on any atom is -0.344 e. The third kappa shape index (κ3) is 39.5. The maximum Gasteiger partial charge on any atom is -0.0564 e. The lowest BCUT2D eigenvalue weighted by atomic mass is 10.4. The first-order valence-corrected chi connectivity index (χ1v) is 1.91. The molecule has 6 N–H and O–H groups in total. The smallest absolute Gasteiger partial charge is 0.0564 e. The Bertz CT molecular complexity index is 7.51. The summed E-state index contributed by atoms with van der Waals surface area (Å²) in [7, 11) is 0. The largest absolute Gasteiger partial charge is 0.344 e. The van der Waals surface area contributed by atoms with Crippen molar-refractivity contribution in [2.75, 3.05) is 0 Å². The van der Waals surface area contributed by atoms with E-state index in [1.807, 2.05) is 0 Å². The lowest BCUT2D eigenvalue weighted by molar-refractivity contribution is 0.886. The van der Waals surface area contributed by atoms with Crippen LogP contribution in [0.1, 0.15) is 26.7 Å². The predicted molar refractivity (Wildman–Crippen MR) is 30.6 cm³/mol. The second-order valence-corrected chi connectivity index (χ2v) is 1.000. The Hall–Kier alpha value is -0.0800. The van der Waals surface area contributed by atoms with Crippen LogP contribution in [0.3, 0.4) is 0 Å². The average Bonchev–Trinajstić information content (AvgIpc) is 1.37. The fraction of sp³-hybridized carbons (Fsp3) is 1.00. The second kappa shape index (κ2) is 20.5. The van der Waals surface area contributed by atoms with E-state index in [0.29, 0.717) is 0 Å². The van der Waals surface area contributed by atoms with Crippen molar-refractivity contribution in [2.24, 2.45) is 0 Å². The Morgan fingerprint density at radius 2 is 1.00 bits per heavy atom. The topological polar surface area (TPSA) is 70.0 Å². The Labute approximate surface area is 40.1 Å². The molecule has 0 bridgehead atoms. The third-order valence-electron chi connectivity index (χ3n) is 0.500. The Morgan fingerprint density at radius 1 is 0.833 bits per heavy atom. The van der Waals surface area contributed by atoms with Crippen molar-refractivity contribution in [3.05, 3.63) is 0 Å². The van der Waals surface area contributed by atoms with Crippen molar-refractivity contribution in [1.29, 1.82) is 0 Å². The van der Waals surface area contributed by atoms with Gasteiger partial charge in [-0.2, -0.15) is 0 Å². The minimum absolute atomic E-state index is 0. The molecule has 0 aromatic heterocycles. The Kier molecular flexibility index (Phi) is 57.4. The van der Waals surface area contributed by atoms with E-state index >= 15 is 0 Å². The van der Waals surface area contributed by atoms with Gasteiger partial charge >= 0.3 is 0 Å². The van der Waals surface area contributed by atoms with E-state index in [9.17, 15) is 0 Å². The molecule has 0 aromatic carbocycles. The summed E-state index contributed by atoms with van der Waals surface area (Å²) in [6, 6.07) is 0. The van der Waals surface area contributed by atoms with Crippen LogP contribution < -0.4 is 12.3 Å². The molecule has 0 saturated heterocycles. The summed E-state index contributed by atoms with van der Waals surface area (Å²) < 4.78 is 0. The van der Waals surface area contributed by atoms with Crippen LogP contribution in [0.4, 0.5) is 0 Å². The maximum atomic E-state index is 2.18. The molecule has 0 spiro atoms. The summed E-state index contributed by atoms with van der Waals surface area (Å²) in [6.07, 6.45) is 2.64. The molecule has 42 valence electrons. The number of unbranched alkanes of at least 4 members (excludes halogenated alkanes) is 1. The Morgan fingerprint density at radius 3 is 1.00 bits per heavy atom. The van der Waals surface area contributed by atoms with Crippen LogP contribution in [0.2, 0.25) is 0 Å². The number of hydrogen-bond acceptors (Lipinski definition) is 2. The summed E-state index contributed by atoms with van der Waals surface area (Å²) in [5.41, 5.74) is 0. The molecule has 0 saturated carbocycles. The zero-order valence-electron chi connectivity index (χ0n) is 4.83. The van der Waals surface area contributed by atoms with Crippen LogP contribution in [-0.2, 0) is 0 Å². The van der Waals surface area contributed by atoms with E-state index in [-0.39, 0.29) is 12.3 Å². The fourth-order valence-electron chi connectivity index (χ4n) is 0. The molecule has 0 aromatic rings. The highest BCUT2D eigenvalue weighted by atomic mass is 14.0. The van der Waals surface area contributed by atoms with E-state index in [0.717, 1.165) is 0 Å². The van der Waals surface area contributed by atoms with Crippen LogP contribution in [-0.4, -0.2) is 0 Å². The molecule has 2 nitrogen and oxygen atoms in total. The first-order chi connectivity index (χ1) is 1.91. The van der Waals surface area contributed by atoms with Crippen molar-refractivity contribution in [1.82, 2.24) is 12.3 Å².